The Bertz CT molecular complexity index is 1070. The van der Waals surface area contributed by atoms with Gasteiger partial charge < -0.3 is 14.4 Å². The highest BCUT2D eigenvalue weighted by Gasteiger charge is 2.44. The van der Waals surface area contributed by atoms with Gasteiger partial charge in [-0.15, -0.1) is 0 Å². The molecular formula is C16H10Cl2F6N4O3S. The summed E-state index contributed by atoms with van der Waals surface area (Å²) in [6.07, 6.45) is -4.81. The summed E-state index contributed by atoms with van der Waals surface area (Å²) in [5.41, 5.74) is -7.85. The monoisotopic (exact) mass is 522 g/mol. The Morgan fingerprint density at radius 1 is 1.06 bits per heavy atom. The van der Waals surface area contributed by atoms with E-state index in [1.165, 1.54) is 6.07 Å². The average Bonchev–Trinajstić information content (AvgIpc) is 2.84. The van der Waals surface area contributed by atoms with Gasteiger partial charge in [0.15, 0.2) is 22.3 Å². The highest BCUT2D eigenvalue weighted by Crippen LogP contribution is 2.42. The number of hydrogen-bond acceptors (Lipinski definition) is 6. The van der Waals surface area contributed by atoms with Crippen LogP contribution in [0.1, 0.15) is 11.3 Å². The first-order valence-electron chi connectivity index (χ1n) is 8.35. The van der Waals surface area contributed by atoms with Crippen LogP contribution >= 0.6 is 23.2 Å². The molecule has 1 unspecified atom stereocenters. The van der Waals surface area contributed by atoms with E-state index in [1.54, 1.807) is 0 Å². The second-order valence-electron chi connectivity index (χ2n) is 6.14. The highest BCUT2D eigenvalue weighted by molar-refractivity contribution is 7.86. The average molecular weight is 523 g/mol. The zero-order valence-corrected chi connectivity index (χ0v) is 17.8. The number of anilines is 1. The Kier molecular flexibility index (Phi) is 6.97. The van der Waals surface area contributed by atoms with Crippen molar-refractivity contribution in [1.82, 2.24) is 9.78 Å². The lowest BCUT2D eigenvalue weighted by Gasteiger charge is -2.24. The van der Waals surface area contributed by atoms with Crippen LogP contribution in [0.5, 0.6) is 0 Å². The molecule has 1 atom stereocenters. The maximum Gasteiger partial charge on any atom is 0.476 e. The Morgan fingerprint density at radius 2 is 1.59 bits per heavy atom. The molecular weight excluding hydrogens is 513 g/mol. The van der Waals surface area contributed by atoms with Crippen molar-refractivity contribution in [3.63, 3.8) is 0 Å². The van der Waals surface area contributed by atoms with E-state index in [-0.39, 0.29) is 26.7 Å². The number of halogens is 8. The maximum atomic E-state index is 13.3. The van der Waals surface area contributed by atoms with Gasteiger partial charge in [-0.05, 0) is 12.1 Å². The van der Waals surface area contributed by atoms with Crippen LogP contribution in [0.4, 0.5) is 32.2 Å². The van der Waals surface area contributed by atoms with Crippen LogP contribution in [-0.2, 0) is 26.4 Å². The number of rotatable bonds is 3. The van der Waals surface area contributed by atoms with Crippen LogP contribution in [0.3, 0.4) is 0 Å². The normalized spacial score (nSPS) is 16.5. The first-order valence-corrected chi connectivity index (χ1v) is 10.3. The predicted molar refractivity (Wildman–Crippen MR) is 99.9 cm³/mol. The van der Waals surface area contributed by atoms with E-state index in [2.05, 4.69) is 5.10 Å². The number of nitriles is 1. The van der Waals surface area contributed by atoms with Gasteiger partial charge in [-0.25, -0.2) is 8.89 Å². The smallest absolute Gasteiger partial charge is 0.359 e. The highest BCUT2D eigenvalue weighted by atomic mass is 35.5. The van der Waals surface area contributed by atoms with Crippen LogP contribution in [0.25, 0.3) is 5.69 Å². The minimum Gasteiger partial charge on any atom is -0.359 e. The van der Waals surface area contributed by atoms with Crippen molar-refractivity contribution in [2.45, 2.75) is 16.6 Å². The lowest BCUT2D eigenvalue weighted by atomic mass is 10.2. The lowest BCUT2D eigenvalue weighted by Crippen LogP contribution is -2.30. The van der Waals surface area contributed by atoms with Crippen LogP contribution in [0.2, 0.25) is 10.0 Å². The fourth-order valence-corrected chi connectivity index (χ4v) is 4.27. The number of ether oxygens (including phenoxy) is 2. The van der Waals surface area contributed by atoms with Crippen LogP contribution in [-0.4, -0.2) is 46.2 Å². The molecule has 1 aromatic heterocycles. The SMILES string of the molecule is N#Cc1nn(-c2c(Cl)cc(C(F)(F)F)cc2Cl)c(N2COCCOC2)c1S(=O)C(F)(F)F. The van der Waals surface area contributed by atoms with E-state index in [1.807, 2.05) is 0 Å². The van der Waals surface area contributed by atoms with E-state index in [9.17, 15) is 35.8 Å². The van der Waals surface area contributed by atoms with Gasteiger partial charge in [-0.1, -0.05) is 23.2 Å². The summed E-state index contributed by atoms with van der Waals surface area (Å²) in [5, 5.41) is 11.8. The summed E-state index contributed by atoms with van der Waals surface area (Å²) < 4.78 is 103. The van der Waals surface area contributed by atoms with Crippen molar-refractivity contribution in [3.05, 3.63) is 33.4 Å². The van der Waals surface area contributed by atoms with E-state index < -0.39 is 60.2 Å². The standard InChI is InChI=1S/C16H10Cl2F6N4O3S/c17-9-3-8(15(19,20)21)4-10(18)12(9)28-14(27-6-30-1-2-31-7-27)13(11(5-25)26-28)32(29)16(22,23)24/h3-4H,1-2,6-7H2. The number of alkyl halides is 6. The minimum absolute atomic E-state index is 0.0786. The molecule has 1 aliphatic rings. The van der Waals surface area contributed by atoms with Gasteiger partial charge in [0.05, 0.1) is 28.8 Å². The molecule has 2 heterocycles. The fourth-order valence-electron chi connectivity index (χ4n) is 2.75. The second-order valence-corrected chi connectivity index (χ2v) is 8.36. The van der Waals surface area contributed by atoms with Crippen molar-refractivity contribution >= 4 is 39.8 Å². The van der Waals surface area contributed by atoms with E-state index in [4.69, 9.17) is 32.7 Å². The molecule has 174 valence electrons. The summed E-state index contributed by atoms with van der Waals surface area (Å²) in [6, 6.07) is 2.40. The molecule has 0 aliphatic carbocycles. The molecule has 1 saturated heterocycles. The van der Waals surface area contributed by atoms with Crippen LogP contribution < -0.4 is 4.90 Å². The van der Waals surface area contributed by atoms with Crippen molar-refractivity contribution in [1.29, 1.82) is 5.26 Å². The van der Waals surface area contributed by atoms with Crippen molar-refractivity contribution in [2.75, 3.05) is 31.6 Å². The first-order chi connectivity index (χ1) is 14.9. The Hall–Kier alpha value is -2.05. The van der Waals surface area contributed by atoms with E-state index >= 15 is 0 Å². The molecule has 0 saturated carbocycles. The van der Waals surface area contributed by atoms with E-state index in [0.29, 0.717) is 16.8 Å². The Labute approximate surface area is 188 Å². The molecule has 1 aromatic carbocycles. The molecule has 2 aromatic rings. The first kappa shape index (κ1) is 24.6. The van der Waals surface area contributed by atoms with Gasteiger partial charge in [0.2, 0.25) is 0 Å². The molecule has 0 spiro atoms. The van der Waals surface area contributed by atoms with Gasteiger partial charge in [0.25, 0.3) is 0 Å². The number of aromatic nitrogens is 2. The molecule has 0 radical (unpaired) electrons. The van der Waals surface area contributed by atoms with Gasteiger partial charge in [-0.3, -0.25) is 0 Å². The molecule has 7 nitrogen and oxygen atoms in total. The third kappa shape index (κ3) is 4.81. The topological polar surface area (TPSA) is 80.4 Å². The minimum atomic E-state index is -5.28. The van der Waals surface area contributed by atoms with Crippen molar-refractivity contribution in [3.8, 4) is 11.8 Å². The molecule has 32 heavy (non-hydrogen) atoms. The van der Waals surface area contributed by atoms with Gasteiger partial charge in [0, 0.05) is 0 Å². The third-order valence-electron chi connectivity index (χ3n) is 4.04. The molecule has 0 N–H and O–H groups in total. The summed E-state index contributed by atoms with van der Waals surface area (Å²) in [6.45, 7) is -0.576. The molecule has 1 aliphatic heterocycles. The lowest BCUT2D eigenvalue weighted by molar-refractivity contribution is -0.137. The van der Waals surface area contributed by atoms with E-state index in [0.717, 1.165) is 4.90 Å². The maximum absolute atomic E-state index is 13.3. The number of benzene rings is 1. The summed E-state index contributed by atoms with van der Waals surface area (Å²) in [4.78, 5) is -0.00873. The summed E-state index contributed by atoms with van der Waals surface area (Å²) >= 11 is 12.0. The molecule has 0 amide bonds. The third-order valence-corrected chi connectivity index (χ3v) is 5.79. The van der Waals surface area contributed by atoms with Gasteiger partial charge >= 0.3 is 11.7 Å². The van der Waals surface area contributed by atoms with Gasteiger partial charge in [-0.2, -0.15) is 36.7 Å². The zero-order chi connectivity index (χ0) is 23.8. The number of hydrogen-bond donors (Lipinski definition) is 0. The van der Waals surface area contributed by atoms with Crippen molar-refractivity contribution in [2.24, 2.45) is 0 Å². The second kappa shape index (κ2) is 9.06. The Balaban J connectivity index is 2.33. The Morgan fingerprint density at radius 3 is 2.03 bits per heavy atom. The molecule has 3 rings (SSSR count). The summed E-state index contributed by atoms with van der Waals surface area (Å²) in [7, 11) is -3.74. The fraction of sp³-hybridized carbons (Fsp3) is 0.375. The predicted octanol–water partition coefficient (Wildman–Crippen LogP) is 4.47. The molecule has 1 fully saturated rings. The van der Waals surface area contributed by atoms with Gasteiger partial charge in [0.1, 0.15) is 30.1 Å². The quantitative estimate of drug-likeness (QED) is 0.553. The van der Waals surface area contributed by atoms with Crippen LogP contribution in [0.15, 0.2) is 17.0 Å². The van der Waals surface area contributed by atoms with Crippen LogP contribution in [0, 0.1) is 11.3 Å². The largest absolute Gasteiger partial charge is 0.476 e. The number of nitrogens with zero attached hydrogens (tertiary/aromatic N) is 4. The molecule has 0 bridgehead atoms. The van der Waals surface area contributed by atoms with Crippen molar-refractivity contribution < 1.29 is 40.0 Å². The molecule has 16 heteroatoms. The zero-order valence-electron chi connectivity index (χ0n) is 15.4. The summed E-state index contributed by atoms with van der Waals surface area (Å²) in [5.74, 6) is -0.581.